The molecular formula is C13H25N3O2. The third-order valence-electron chi connectivity index (χ3n) is 4.49. The molecule has 0 aromatic heterocycles. The molecule has 1 saturated carbocycles. The molecule has 0 aromatic rings. The molecule has 5 heteroatoms. The fourth-order valence-corrected chi connectivity index (χ4v) is 2.95. The summed E-state index contributed by atoms with van der Waals surface area (Å²) in [5.74, 6) is -0.380. The van der Waals surface area contributed by atoms with Crippen LogP contribution in [0.3, 0.4) is 0 Å². The summed E-state index contributed by atoms with van der Waals surface area (Å²) in [6.45, 7) is 7.98. The Hall–Kier alpha value is -0.650. The molecule has 1 atom stereocenters. The summed E-state index contributed by atoms with van der Waals surface area (Å²) < 4.78 is 0. The SMILES string of the molecule is CCN1CCN(CC(NC)(C(=O)O)C2CC2)CC1. The van der Waals surface area contributed by atoms with E-state index in [0.717, 1.165) is 45.6 Å². The van der Waals surface area contributed by atoms with Crippen LogP contribution in [0.4, 0.5) is 0 Å². The molecule has 0 radical (unpaired) electrons. The predicted molar refractivity (Wildman–Crippen MR) is 70.7 cm³/mol. The fraction of sp³-hybridized carbons (Fsp3) is 0.923. The van der Waals surface area contributed by atoms with Crippen LogP contribution in [0.2, 0.25) is 0 Å². The van der Waals surface area contributed by atoms with E-state index < -0.39 is 11.5 Å². The van der Waals surface area contributed by atoms with Gasteiger partial charge < -0.3 is 15.3 Å². The van der Waals surface area contributed by atoms with Gasteiger partial charge >= 0.3 is 5.97 Å². The van der Waals surface area contributed by atoms with E-state index in [-0.39, 0.29) is 0 Å². The average molecular weight is 255 g/mol. The van der Waals surface area contributed by atoms with Crippen LogP contribution in [0.1, 0.15) is 19.8 Å². The highest BCUT2D eigenvalue weighted by Gasteiger charge is 2.51. The van der Waals surface area contributed by atoms with Crippen molar-refractivity contribution in [1.82, 2.24) is 15.1 Å². The predicted octanol–water partition coefficient (Wildman–Crippen LogP) is 0.0767. The van der Waals surface area contributed by atoms with E-state index in [0.29, 0.717) is 12.5 Å². The number of likely N-dealkylation sites (N-methyl/N-ethyl adjacent to an activating group) is 2. The van der Waals surface area contributed by atoms with Crippen molar-refractivity contribution in [1.29, 1.82) is 0 Å². The van der Waals surface area contributed by atoms with Crippen LogP contribution in [-0.2, 0) is 4.79 Å². The number of carbonyl (C=O) groups is 1. The first-order valence-corrected chi connectivity index (χ1v) is 6.99. The van der Waals surface area contributed by atoms with Crippen LogP contribution in [0.25, 0.3) is 0 Å². The van der Waals surface area contributed by atoms with Gasteiger partial charge in [-0.1, -0.05) is 6.92 Å². The van der Waals surface area contributed by atoms with Gasteiger partial charge in [0.2, 0.25) is 0 Å². The molecule has 1 aliphatic carbocycles. The number of carboxylic acid groups (broad SMARTS) is 1. The Morgan fingerprint density at radius 3 is 2.22 bits per heavy atom. The Labute approximate surface area is 109 Å². The lowest BCUT2D eigenvalue weighted by molar-refractivity contribution is -0.147. The molecule has 0 bridgehead atoms. The zero-order chi connectivity index (χ0) is 13.2. The van der Waals surface area contributed by atoms with Crippen molar-refractivity contribution in [2.45, 2.75) is 25.3 Å². The van der Waals surface area contributed by atoms with Crippen LogP contribution in [-0.4, -0.2) is 72.7 Å². The molecule has 2 fully saturated rings. The Balaban J connectivity index is 1.95. The van der Waals surface area contributed by atoms with E-state index in [4.69, 9.17) is 0 Å². The topological polar surface area (TPSA) is 55.8 Å². The number of nitrogens with one attached hydrogen (secondary N) is 1. The van der Waals surface area contributed by atoms with Gasteiger partial charge in [-0.2, -0.15) is 0 Å². The number of rotatable bonds is 6. The van der Waals surface area contributed by atoms with Gasteiger partial charge in [-0.15, -0.1) is 0 Å². The Kier molecular flexibility index (Phi) is 4.25. The normalized spacial score (nSPS) is 25.9. The summed E-state index contributed by atoms with van der Waals surface area (Å²) in [5.41, 5.74) is -0.728. The van der Waals surface area contributed by atoms with Crippen LogP contribution in [0.15, 0.2) is 0 Å². The lowest BCUT2D eigenvalue weighted by Gasteiger charge is -2.39. The minimum Gasteiger partial charge on any atom is -0.480 e. The van der Waals surface area contributed by atoms with E-state index in [2.05, 4.69) is 22.0 Å². The average Bonchev–Trinajstić information content (AvgIpc) is 3.21. The van der Waals surface area contributed by atoms with Crippen molar-refractivity contribution in [3.63, 3.8) is 0 Å². The molecule has 0 aromatic carbocycles. The molecule has 5 nitrogen and oxygen atoms in total. The number of aliphatic carboxylic acids is 1. The van der Waals surface area contributed by atoms with Crippen molar-refractivity contribution >= 4 is 5.97 Å². The summed E-state index contributed by atoms with van der Waals surface area (Å²) >= 11 is 0. The van der Waals surface area contributed by atoms with Crippen LogP contribution in [0.5, 0.6) is 0 Å². The summed E-state index contributed by atoms with van der Waals surface area (Å²) in [7, 11) is 1.79. The molecule has 104 valence electrons. The molecule has 2 N–H and O–H groups in total. The van der Waals surface area contributed by atoms with Crippen LogP contribution < -0.4 is 5.32 Å². The van der Waals surface area contributed by atoms with E-state index >= 15 is 0 Å². The van der Waals surface area contributed by atoms with Gasteiger partial charge in [0.05, 0.1) is 0 Å². The van der Waals surface area contributed by atoms with Gasteiger partial charge in [0, 0.05) is 32.7 Å². The van der Waals surface area contributed by atoms with Gasteiger partial charge in [0.1, 0.15) is 5.54 Å². The van der Waals surface area contributed by atoms with Gasteiger partial charge in [-0.05, 0) is 32.4 Å². The summed E-state index contributed by atoms with van der Waals surface area (Å²) in [6.07, 6.45) is 2.09. The minimum absolute atomic E-state index is 0.309. The Bertz CT molecular complexity index is 299. The summed E-state index contributed by atoms with van der Waals surface area (Å²) in [5, 5.41) is 12.7. The van der Waals surface area contributed by atoms with Crippen molar-refractivity contribution in [3.8, 4) is 0 Å². The lowest BCUT2D eigenvalue weighted by Crippen LogP contribution is -2.61. The molecule has 0 spiro atoms. The van der Waals surface area contributed by atoms with Gasteiger partial charge in [-0.3, -0.25) is 9.69 Å². The standard InChI is InChI=1S/C13H25N3O2/c1-3-15-6-8-16(9-7-15)10-13(14-2,12(17)18)11-4-5-11/h11,14H,3-10H2,1-2H3,(H,17,18). The first-order chi connectivity index (χ1) is 8.62. The number of hydrogen-bond donors (Lipinski definition) is 2. The van der Waals surface area contributed by atoms with Gasteiger partial charge in [-0.25, -0.2) is 0 Å². The second-order valence-corrected chi connectivity index (χ2v) is 5.51. The third kappa shape index (κ3) is 2.68. The molecule has 18 heavy (non-hydrogen) atoms. The number of piperazine rings is 1. The first-order valence-electron chi connectivity index (χ1n) is 6.99. The smallest absolute Gasteiger partial charge is 0.325 e. The molecule has 0 amide bonds. The zero-order valence-corrected chi connectivity index (χ0v) is 11.5. The van der Waals surface area contributed by atoms with Crippen molar-refractivity contribution < 1.29 is 9.90 Å². The first kappa shape index (κ1) is 13.8. The van der Waals surface area contributed by atoms with Crippen molar-refractivity contribution in [2.24, 2.45) is 5.92 Å². The monoisotopic (exact) mass is 255 g/mol. The van der Waals surface area contributed by atoms with E-state index in [1.807, 2.05) is 0 Å². The Morgan fingerprint density at radius 2 is 1.83 bits per heavy atom. The van der Waals surface area contributed by atoms with E-state index in [1.54, 1.807) is 7.05 Å². The summed E-state index contributed by atoms with van der Waals surface area (Å²) in [4.78, 5) is 16.3. The lowest BCUT2D eigenvalue weighted by atomic mass is 9.92. The van der Waals surface area contributed by atoms with E-state index in [9.17, 15) is 9.90 Å². The fourth-order valence-electron chi connectivity index (χ4n) is 2.95. The number of hydrogen-bond acceptors (Lipinski definition) is 4. The molecule has 1 unspecified atom stereocenters. The molecule has 1 heterocycles. The van der Waals surface area contributed by atoms with Crippen LogP contribution >= 0.6 is 0 Å². The quantitative estimate of drug-likeness (QED) is 0.704. The zero-order valence-electron chi connectivity index (χ0n) is 11.5. The number of nitrogens with zero attached hydrogens (tertiary/aromatic N) is 2. The third-order valence-corrected chi connectivity index (χ3v) is 4.49. The van der Waals surface area contributed by atoms with Crippen LogP contribution in [0, 0.1) is 5.92 Å². The molecule has 1 aliphatic heterocycles. The Morgan fingerprint density at radius 1 is 1.28 bits per heavy atom. The molecule has 2 aliphatic rings. The number of carboxylic acids is 1. The molecular weight excluding hydrogens is 230 g/mol. The molecule has 1 saturated heterocycles. The molecule has 2 rings (SSSR count). The van der Waals surface area contributed by atoms with Gasteiger partial charge in [0.25, 0.3) is 0 Å². The summed E-state index contributed by atoms with van der Waals surface area (Å²) in [6, 6.07) is 0. The highest BCUT2D eigenvalue weighted by molar-refractivity contribution is 5.80. The maximum Gasteiger partial charge on any atom is 0.325 e. The highest BCUT2D eigenvalue weighted by atomic mass is 16.4. The maximum atomic E-state index is 11.6. The van der Waals surface area contributed by atoms with Crippen molar-refractivity contribution in [3.05, 3.63) is 0 Å². The maximum absolute atomic E-state index is 11.6. The minimum atomic E-state index is -0.728. The largest absolute Gasteiger partial charge is 0.480 e. The highest BCUT2D eigenvalue weighted by Crippen LogP contribution is 2.40. The van der Waals surface area contributed by atoms with E-state index in [1.165, 1.54) is 0 Å². The van der Waals surface area contributed by atoms with Gasteiger partial charge in [0.15, 0.2) is 0 Å². The second kappa shape index (κ2) is 5.55. The van der Waals surface area contributed by atoms with Crippen molar-refractivity contribution in [2.75, 3.05) is 46.3 Å². The second-order valence-electron chi connectivity index (χ2n) is 5.51.